The summed E-state index contributed by atoms with van der Waals surface area (Å²) in [5, 5.41) is 11.0. The summed E-state index contributed by atoms with van der Waals surface area (Å²) in [5.74, 6) is -1.08. The van der Waals surface area contributed by atoms with Gasteiger partial charge in [-0.3, -0.25) is 14.9 Å². The van der Waals surface area contributed by atoms with Crippen LogP contribution in [0.1, 0.15) is 49.4 Å². The standard InChI is InChI=1S/C15H19FN2O3/c1-2-17(12-6-4-3-5-7-12)15(19)13-10-11(16)8-9-14(13)18(20)21/h8-10,12H,2-7H2,1H3. The lowest BCUT2D eigenvalue weighted by Gasteiger charge is -2.33. The number of nitro groups is 1. The third-order valence-electron chi connectivity index (χ3n) is 4.00. The van der Waals surface area contributed by atoms with Gasteiger partial charge in [0.25, 0.3) is 11.6 Å². The van der Waals surface area contributed by atoms with E-state index in [4.69, 9.17) is 0 Å². The maximum Gasteiger partial charge on any atom is 0.282 e. The first-order valence-corrected chi connectivity index (χ1v) is 7.29. The third kappa shape index (κ3) is 3.37. The maximum atomic E-state index is 13.4. The molecule has 2 rings (SSSR count). The van der Waals surface area contributed by atoms with Crippen molar-refractivity contribution in [3.63, 3.8) is 0 Å². The second kappa shape index (κ2) is 6.65. The molecular formula is C15H19FN2O3. The minimum Gasteiger partial charge on any atom is -0.336 e. The molecule has 0 N–H and O–H groups in total. The van der Waals surface area contributed by atoms with E-state index >= 15 is 0 Å². The summed E-state index contributed by atoms with van der Waals surface area (Å²) in [5.41, 5.74) is -0.497. The molecule has 1 aliphatic carbocycles. The first-order chi connectivity index (χ1) is 10.0. The summed E-state index contributed by atoms with van der Waals surface area (Å²) in [4.78, 5) is 24.6. The van der Waals surface area contributed by atoms with Gasteiger partial charge in [-0.05, 0) is 31.9 Å². The number of carbonyl (C=O) groups excluding carboxylic acids is 1. The average Bonchev–Trinajstić information content (AvgIpc) is 2.48. The Labute approximate surface area is 122 Å². The van der Waals surface area contributed by atoms with Gasteiger partial charge in [-0.2, -0.15) is 0 Å². The van der Waals surface area contributed by atoms with Gasteiger partial charge in [0.15, 0.2) is 0 Å². The molecule has 0 atom stereocenters. The van der Waals surface area contributed by atoms with Gasteiger partial charge in [-0.1, -0.05) is 19.3 Å². The molecule has 0 radical (unpaired) electrons. The fourth-order valence-corrected chi connectivity index (χ4v) is 2.95. The van der Waals surface area contributed by atoms with Crippen molar-refractivity contribution in [2.45, 2.75) is 45.1 Å². The number of nitrogens with zero attached hydrogens (tertiary/aromatic N) is 2. The Bertz CT molecular complexity index is 542. The van der Waals surface area contributed by atoms with Crippen LogP contribution in [0.3, 0.4) is 0 Å². The number of carbonyl (C=O) groups is 1. The van der Waals surface area contributed by atoms with Gasteiger partial charge >= 0.3 is 0 Å². The van der Waals surface area contributed by atoms with E-state index in [9.17, 15) is 19.3 Å². The van der Waals surface area contributed by atoms with Crippen molar-refractivity contribution in [2.24, 2.45) is 0 Å². The zero-order valence-electron chi connectivity index (χ0n) is 12.0. The minimum atomic E-state index is -0.638. The smallest absolute Gasteiger partial charge is 0.282 e. The molecule has 6 heteroatoms. The van der Waals surface area contributed by atoms with E-state index in [0.29, 0.717) is 6.54 Å². The van der Waals surface area contributed by atoms with Crippen molar-refractivity contribution in [3.05, 3.63) is 39.7 Å². The highest BCUT2D eigenvalue weighted by Gasteiger charge is 2.29. The topological polar surface area (TPSA) is 63.5 Å². The number of hydrogen-bond donors (Lipinski definition) is 0. The Kier molecular flexibility index (Phi) is 4.88. The van der Waals surface area contributed by atoms with Gasteiger partial charge in [0.1, 0.15) is 11.4 Å². The number of halogens is 1. The lowest BCUT2D eigenvalue weighted by molar-refractivity contribution is -0.385. The van der Waals surface area contributed by atoms with E-state index in [-0.39, 0.29) is 17.3 Å². The minimum absolute atomic E-state index is 0.0964. The summed E-state index contributed by atoms with van der Waals surface area (Å²) >= 11 is 0. The highest BCUT2D eigenvalue weighted by atomic mass is 19.1. The highest BCUT2D eigenvalue weighted by Crippen LogP contribution is 2.27. The quantitative estimate of drug-likeness (QED) is 0.630. The van der Waals surface area contributed by atoms with Crippen molar-refractivity contribution >= 4 is 11.6 Å². The van der Waals surface area contributed by atoms with Gasteiger partial charge in [-0.25, -0.2) is 4.39 Å². The van der Waals surface area contributed by atoms with Crippen LogP contribution >= 0.6 is 0 Å². The van der Waals surface area contributed by atoms with Crippen molar-refractivity contribution in [2.75, 3.05) is 6.54 Å². The summed E-state index contributed by atoms with van der Waals surface area (Å²) in [6.45, 7) is 2.31. The van der Waals surface area contributed by atoms with Crippen LogP contribution in [-0.4, -0.2) is 28.3 Å². The average molecular weight is 294 g/mol. The molecule has 1 aromatic rings. The van der Waals surface area contributed by atoms with Crippen LogP contribution in [0, 0.1) is 15.9 Å². The molecule has 0 aromatic heterocycles. The number of rotatable bonds is 4. The number of nitro benzene ring substituents is 1. The number of benzene rings is 1. The normalized spacial score (nSPS) is 15.7. The fourth-order valence-electron chi connectivity index (χ4n) is 2.95. The highest BCUT2D eigenvalue weighted by molar-refractivity contribution is 5.98. The Morgan fingerprint density at radius 2 is 2.05 bits per heavy atom. The molecule has 1 aliphatic rings. The Hall–Kier alpha value is -1.98. The molecule has 0 spiro atoms. The van der Waals surface area contributed by atoms with Crippen LogP contribution in [0.5, 0.6) is 0 Å². The summed E-state index contributed by atoms with van der Waals surface area (Å²) in [6, 6.07) is 3.12. The molecule has 5 nitrogen and oxygen atoms in total. The van der Waals surface area contributed by atoms with Gasteiger partial charge in [0, 0.05) is 18.7 Å². The monoisotopic (exact) mass is 294 g/mol. The van der Waals surface area contributed by atoms with Crippen LogP contribution in [0.25, 0.3) is 0 Å². The van der Waals surface area contributed by atoms with E-state index in [2.05, 4.69) is 0 Å². The molecule has 114 valence electrons. The third-order valence-corrected chi connectivity index (χ3v) is 4.00. The predicted octanol–water partition coefficient (Wildman–Crippen LogP) is 3.53. The van der Waals surface area contributed by atoms with E-state index in [1.54, 1.807) is 4.90 Å². The summed E-state index contributed by atoms with van der Waals surface area (Å²) < 4.78 is 13.4. The molecule has 1 amide bonds. The SMILES string of the molecule is CCN(C(=O)c1cc(F)ccc1[N+](=O)[O-])C1CCCCC1. The van der Waals surface area contributed by atoms with Crippen molar-refractivity contribution < 1.29 is 14.1 Å². The molecular weight excluding hydrogens is 275 g/mol. The Balaban J connectivity index is 2.32. The molecule has 1 fully saturated rings. The summed E-state index contributed by atoms with van der Waals surface area (Å²) in [6.07, 6.45) is 5.08. The fraction of sp³-hybridized carbons (Fsp3) is 0.533. The van der Waals surface area contributed by atoms with Crippen molar-refractivity contribution in [1.82, 2.24) is 4.90 Å². The first-order valence-electron chi connectivity index (χ1n) is 7.29. The van der Waals surface area contributed by atoms with Crippen LogP contribution < -0.4 is 0 Å². The number of hydrogen-bond acceptors (Lipinski definition) is 3. The Morgan fingerprint density at radius 1 is 1.38 bits per heavy atom. The van der Waals surface area contributed by atoms with Crippen molar-refractivity contribution in [1.29, 1.82) is 0 Å². The molecule has 0 aliphatic heterocycles. The second-order valence-corrected chi connectivity index (χ2v) is 5.30. The zero-order chi connectivity index (χ0) is 15.4. The van der Waals surface area contributed by atoms with Gasteiger partial charge in [0.2, 0.25) is 0 Å². The molecule has 1 aromatic carbocycles. The van der Waals surface area contributed by atoms with E-state index < -0.39 is 16.6 Å². The van der Waals surface area contributed by atoms with Gasteiger partial charge < -0.3 is 4.90 Å². The van der Waals surface area contributed by atoms with Crippen LogP contribution in [0.4, 0.5) is 10.1 Å². The molecule has 0 unspecified atom stereocenters. The molecule has 21 heavy (non-hydrogen) atoms. The van der Waals surface area contributed by atoms with Crippen LogP contribution in [0.2, 0.25) is 0 Å². The van der Waals surface area contributed by atoms with E-state index in [0.717, 1.165) is 50.3 Å². The Morgan fingerprint density at radius 3 is 2.62 bits per heavy atom. The summed E-state index contributed by atoms with van der Waals surface area (Å²) in [7, 11) is 0. The van der Waals surface area contributed by atoms with Crippen LogP contribution in [0.15, 0.2) is 18.2 Å². The molecule has 0 bridgehead atoms. The number of amides is 1. The molecule has 0 heterocycles. The lowest BCUT2D eigenvalue weighted by Crippen LogP contribution is -2.41. The van der Waals surface area contributed by atoms with E-state index in [1.807, 2.05) is 6.92 Å². The second-order valence-electron chi connectivity index (χ2n) is 5.30. The molecule has 1 saturated carbocycles. The van der Waals surface area contributed by atoms with Crippen molar-refractivity contribution in [3.8, 4) is 0 Å². The molecule has 0 saturated heterocycles. The van der Waals surface area contributed by atoms with Gasteiger partial charge in [-0.15, -0.1) is 0 Å². The zero-order valence-corrected chi connectivity index (χ0v) is 12.0. The van der Waals surface area contributed by atoms with Gasteiger partial charge in [0.05, 0.1) is 4.92 Å². The van der Waals surface area contributed by atoms with Crippen LogP contribution in [-0.2, 0) is 0 Å². The first kappa shape index (κ1) is 15.4. The lowest BCUT2D eigenvalue weighted by atomic mass is 9.93. The maximum absolute atomic E-state index is 13.4. The largest absolute Gasteiger partial charge is 0.336 e. The van der Waals surface area contributed by atoms with E-state index in [1.165, 1.54) is 0 Å². The predicted molar refractivity (Wildman–Crippen MR) is 76.6 cm³/mol.